The summed E-state index contributed by atoms with van der Waals surface area (Å²) in [5, 5.41) is 9.35. The second-order valence-electron chi connectivity index (χ2n) is 7.00. The van der Waals surface area contributed by atoms with Crippen molar-refractivity contribution in [2.75, 3.05) is 0 Å². The van der Waals surface area contributed by atoms with E-state index in [1.54, 1.807) is 4.52 Å². The van der Waals surface area contributed by atoms with Gasteiger partial charge in [-0.3, -0.25) is 9.67 Å². The molecule has 1 aliphatic rings. The minimum atomic E-state index is 0.443. The first-order valence-electron chi connectivity index (χ1n) is 8.75. The van der Waals surface area contributed by atoms with Gasteiger partial charge in [0, 0.05) is 36.7 Å². The molecular formula is C19H19N7. The Kier molecular flexibility index (Phi) is 3.19. The molecule has 0 aliphatic heterocycles. The van der Waals surface area contributed by atoms with Crippen molar-refractivity contribution in [3.05, 3.63) is 59.3 Å². The summed E-state index contributed by atoms with van der Waals surface area (Å²) in [4.78, 5) is 13.3. The molecule has 1 aliphatic carbocycles. The third-order valence-electron chi connectivity index (χ3n) is 5.03. The first-order chi connectivity index (χ1) is 12.6. The summed E-state index contributed by atoms with van der Waals surface area (Å²) in [7, 11) is 1.94. The zero-order valence-corrected chi connectivity index (χ0v) is 15.0. The van der Waals surface area contributed by atoms with E-state index in [0.29, 0.717) is 23.4 Å². The number of aryl methyl sites for hydroxylation is 3. The fourth-order valence-electron chi connectivity index (χ4n) is 3.64. The Labute approximate surface area is 150 Å². The van der Waals surface area contributed by atoms with E-state index in [1.807, 2.05) is 50.1 Å². The van der Waals surface area contributed by atoms with Gasteiger partial charge < -0.3 is 0 Å². The molecule has 4 aromatic rings. The molecule has 7 nitrogen and oxygen atoms in total. The first-order valence-corrected chi connectivity index (χ1v) is 8.75. The predicted molar refractivity (Wildman–Crippen MR) is 96.8 cm³/mol. The molecule has 1 fully saturated rings. The van der Waals surface area contributed by atoms with Crippen molar-refractivity contribution in [3.8, 4) is 11.5 Å². The molecule has 0 aromatic carbocycles. The second-order valence-corrected chi connectivity index (χ2v) is 7.00. The van der Waals surface area contributed by atoms with Gasteiger partial charge in [0.15, 0.2) is 0 Å². The normalized spacial score (nSPS) is 19.2. The molecule has 0 N–H and O–H groups in total. The number of hydrogen-bond acceptors (Lipinski definition) is 5. The van der Waals surface area contributed by atoms with Crippen LogP contribution < -0.4 is 0 Å². The Morgan fingerprint density at radius 1 is 1.08 bits per heavy atom. The summed E-state index contributed by atoms with van der Waals surface area (Å²) in [6.45, 7) is 3.98. The number of rotatable bonds is 3. The van der Waals surface area contributed by atoms with E-state index in [0.717, 1.165) is 29.2 Å². The zero-order chi connectivity index (χ0) is 17.8. The maximum atomic E-state index is 4.72. The lowest BCUT2D eigenvalue weighted by Gasteiger charge is -1.97. The van der Waals surface area contributed by atoms with Crippen LogP contribution >= 0.6 is 0 Å². The van der Waals surface area contributed by atoms with Crippen LogP contribution in [-0.2, 0) is 7.05 Å². The molecule has 1 unspecified atom stereocenters. The van der Waals surface area contributed by atoms with Crippen molar-refractivity contribution in [2.45, 2.75) is 32.1 Å². The quantitative estimate of drug-likeness (QED) is 0.571. The van der Waals surface area contributed by atoms with Crippen LogP contribution in [0.2, 0.25) is 0 Å². The fourth-order valence-corrected chi connectivity index (χ4v) is 3.64. The lowest BCUT2D eigenvalue weighted by atomic mass is 10.1. The van der Waals surface area contributed by atoms with Crippen molar-refractivity contribution in [1.29, 1.82) is 0 Å². The van der Waals surface area contributed by atoms with Crippen molar-refractivity contribution >= 4 is 5.78 Å². The van der Waals surface area contributed by atoms with Crippen molar-refractivity contribution in [3.63, 3.8) is 0 Å². The first kappa shape index (κ1) is 15.2. The Morgan fingerprint density at radius 2 is 1.96 bits per heavy atom. The van der Waals surface area contributed by atoms with Crippen LogP contribution in [0, 0.1) is 13.8 Å². The van der Waals surface area contributed by atoms with E-state index in [2.05, 4.69) is 32.2 Å². The summed E-state index contributed by atoms with van der Waals surface area (Å²) in [5.74, 6) is 2.23. The fraction of sp³-hybridized carbons (Fsp3) is 0.316. The van der Waals surface area contributed by atoms with E-state index in [-0.39, 0.29) is 0 Å². The van der Waals surface area contributed by atoms with Crippen LogP contribution in [0.1, 0.15) is 40.9 Å². The largest absolute Gasteiger partial charge is 0.264 e. The molecule has 5 rings (SSSR count). The minimum absolute atomic E-state index is 0.443. The molecule has 0 saturated heterocycles. The molecule has 0 radical (unpaired) electrons. The highest BCUT2D eigenvalue weighted by molar-refractivity contribution is 5.54. The lowest BCUT2D eigenvalue weighted by molar-refractivity contribution is 0.742. The van der Waals surface area contributed by atoms with Gasteiger partial charge in [0.05, 0.1) is 5.69 Å². The van der Waals surface area contributed by atoms with E-state index in [1.165, 1.54) is 5.56 Å². The van der Waals surface area contributed by atoms with Gasteiger partial charge in [0.25, 0.3) is 5.78 Å². The Morgan fingerprint density at radius 3 is 2.77 bits per heavy atom. The Bertz CT molecular complexity index is 1110. The monoisotopic (exact) mass is 345 g/mol. The molecule has 2 atom stereocenters. The highest BCUT2D eigenvalue weighted by atomic mass is 15.4. The SMILES string of the molecule is Cc1cc(C)n2nc(-c3cc([C@@H]4CC4c4cccnc4)nn3C)nc2n1. The standard InChI is InChI=1S/C19H19N7/c1-11-7-12(2)26-19(21-11)22-18(24-26)17-9-16(23-25(17)3)15-8-14(15)13-5-4-6-20-10-13/h4-7,9-10,14-15H,8H2,1-3H3/t14?,15-/m1/s1. The lowest BCUT2D eigenvalue weighted by Crippen LogP contribution is -1.98. The van der Waals surface area contributed by atoms with Gasteiger partial charge in [-0.05, 0) is 49.9 Å². The van der Waals surface area contributed by atoms with Crippen LogP contribution in [0.4, 0.5) is 0 Å². The van der Waals surface area contributed by atoms with Crippen molar-refractivity contribution in [1.82, 2.24) is 34.3 Å². The second kappa shape index (κ2) is 5.45. The third kappa shape index (κ3) is 2.39. The molecule has 130 valence electrons. The minimum Gasteiger partial charge on any atom is -0.264 e. The van der Waals surface area contributed by atoms with E-state index in [9.17, 15) is 0 Å². The Hall–Kier alpha value is -3.09. The van der Waals surface area contributed by atoms with Crippen LogP contribution in [0.25, 0.3) is 17.3 Å². The smallest absolute Gasteiger partial charge is 0.253 e. The molecule has 1 saturated carbocycles. The van der Waals surface area contributed by atoms with E-state index < -0.39 is 0 Å². The molecule has 4 heterocycles. The molecule has 7 heteroatoms. The third-order valence-corrected chi connectivity index (χ3v) is 5.03. The van der Waals surface area contributed by atoms with Gasteiger partial charge in [-0.25, -0.2) is 9.50 Å². The highest BCUT2D eigenvalue weighted by Crippen LogP contribution is 2.54. The van der Waals surface area contributed by atoms with Crippen molar-refractivity contribution in [2.24, 2.45) is 7.05 Å². The molecule has 0 spiro atoms. The zero-order valence-electron chi connectivity index (χ0n) is 15.0. The molecule has 26 heavy (non-hydrogen) atoms. The summed E-state index contributed by atoms with van der Waals surface area (Å²) >= 11 is 0. The van der Waals surface area contributed by atoms with E-state index >= 15 is 0 Å². The topological polar surface area (TPSA) is 73.8 Å². The number of pyridine rings is 1. The average molecular weight is 345 g/mol. The Balaban J connectivity index is 1.49. The molecule has 0 amide bonds. The van der Waals surface area contributed by atoms with Gasteiger partial charge in [-0.15, -0.1) is 5.10 Å². The maximum absolute atomic E-state index is 4.72. The highest BCUT2D eigenvalue weighted by Gasteiger charge is 2.41. The molecular weight excluding hydrogens is 326 g/mol. The van der Waals surface area contributed by atoms with Crippen LogP contribution in [-0.4, -0.2) is 34.3 Å². The molecule has 0 bridgehead atoms. The van der Waals surface area contributed by atoms with Crippen LogP contribution in [0.5, 0.6) is 0 Å². The van der Waals surface area contributed by atoms with Gasteiger partial charge in [-0.2, -0.15) is 10.1 Å². The van der Waals surface area contributed by atoms with Crippen LogP contribution in [0.15, 0.2) is 36.7 Å². The van der Waals surface area contributed by atoms with Crippen LogP contribution in [0.3, 0.4) is 0 Å². The van der Waals surface area contributed by atoms with Crippen molar-refractivity contribution < 1.29 is 0 Å². The van der Waals surface area contributed by atoms with E-state index in [4.69, 9.17) is 5.10 Å². The number of nitrogens with zero attached hydrogens (tertiary/aromatic N) is 7. The predicted octanol–water partition coefficient (Wildman–Crippen LogP) is 2.81. The average Bonchev–Trinajstić information content (AvgIpc) is 3.16. The summed E-state index contributed by atoms with van der Waals surface area (Å²) in [6.07, 6.45) is 4.88. The van der Waals surface area contributed by atoms with Gasteiger partial charge in [0.1, 0.15) is 5.69 Å². The summed E-state index contributed by atoms with van der Waals surface area (Å²) in [6, 6.07) is 8.25. The number of fused-ring (bicyclic) bond motifs is 1. The van der Waals surface area contributed by atoms with Gasteiger partial charge in [-0.1, -0.05) is 6.07 Å². The van der Waals surface area contributed by atoms with Gasteiger partial charge >= 0.3 is 0 Å². The number of aromatic nitrogens is 7. The number of hydrogen-bond donors (Lipinski definition) is 0. The van der Waals surface area contributed by atoms with Gasteiger partial charge in [0.2, 0.25) is 5.82 Å². The summed E-state index contributed by atoms with van der Waals surface area (Å²) < 4.78 is 3.65. The maximum Gasteiger partial charge on any atom is 0.253 e. The molecule has 4 aromatic heterocycles. The summed E-state index contributed by atoms with van der Waals surface area (Å²) in [5.41, 5.74) is 5.26.